The van der Waals surface area contributed by atoms with E-state index < -0.39 is 0 Å². The monoisotopic (exact) mass is 266 g/mol. The lowest BCUT2D eigenvalue weighted by molar-refractivity contribution is 0.0453. The molecule has 1 N–H and O–H groups in total. The highest BCUT2D eigenvalue weighted by atomic mass is 16.3. The van der Waals surface area contributed by atoms with Gasteiger partial charge in [-0.15, -0.1) is 6.58 Å². The zero-order chi connectivity index (χ0) is 14.3. The molecule has 112 valence electrons. The molecule has 19 heavy (non-hydrogen) atoms. The number of hydrogen-bond acceptors (Lipinski definition) is 1. The van der Waals surface area contributed by atoms with Gasteiger partial charge in [-0.1, -0.05) is 52.5 Å². The zero-order valence-corrected chi connectivity index (χ0v) is 13.3. The highest BCUT2D eigenvalue weighted by Crippen LogP contribution is 2.38. The lowest BCUT2D eigenvalue weighted by Gasteiger charge is -2.36. The van der Waals surface area contributed by atoms with Gasteiger partial charge in [-0.2, -0.15) is 0 Å². The van der Waals surface area contributed by atoms with Crippen molar-refractivity contribution in [3.63, 3.8) is 0 Å². The first-order chi connectivity index (χ1) is 9.10. The van der Waals surface area contributed by atoms with Crippen LogP contribution in [0, 0.1) is 23.7 Å². The van der Waals surface area contributed by atoms with E-state index in [-0.39, 0.29) is 6.10 Å². The molecule has 1 nitrogen and oxygen atoms in total. The molecule has 5 atom stereocenters. The minimum atomic E-state index is -0.0902. The molecule has 0 radical (unpaired) electrons. The fourth-order valence-corrected chi connectivity index (χ4v) is 3.72. The second-order valence-electron chi connectivity index (χ2n) is 6.72. The van der Waals surface area contributed by atoms with Gasteiger partial charge in [0.1, 0.15) is 0 Å². The summed E-state index contributed by atoms with van der Waals surface area (Å²) >= 11 is 0. The third-order valence-corrected chi connectivity index (χ3v) is 5.47. The SMILES string of the molecule is C=CCCCC(CC)[C@H](O)C[C@@H]1CCCC(C)C1C. The van der Waals surface area contributed by atoms with Crippen molar-refractivity contribution in [2.24, 2.45) is 23.7 Å². The van der Waals surface area contributed by atoms with Gasteiger partial charge in [-0.3, -0.25) is 0 Å². The lowest BCUT2D eigenvalue weighted by atomic mass is 9.70. The number of aliphatic hydroxyl groups is 1. The number of rotatable bonds is 8. The van der Waals surface area contributed by atoms with Crippen LogP contribution in [-0.4, -0.2) is 11.2 Å². The summed E-state index contributed by atoms with van der Waals surface area (Å²) in [4.78, 5) is 0. The van der Waals surface area contributed by atoms with E-state index in [1.807, 2.05) is 6.08 Å². The van der Waals surface area contributed by atoms with Gasteiger partial charge in [-0.05, 0) is 49.4 Å². The van der Waals surface area contributed by atoms with Crippen molar-refractivity contribution in [1.29, 1.82) is 0 Å². The number of hydrogen-bond donors (Lipinski definition) is 1. The first-order valence-corrected chi connectivity index (χ1v) is 8.39. The van der Waals surface area contributed by atoms with Gasteiger partial charge < -0.3 is 5.11 Å². The predicted molar refractivity (Wildman–Crippen MR) is 84.1 cm³/mol. The summed E-state index contributed by atoms with van der Waals surface area (Å²) in [5.41, 5.74) is 0. The van der Waals surface area contributed by atoms with E-state index in [1.165, 1.54) is 25.7 Å². The summed E-state index contributed by atoms with van der Waals surface area (Å²) in [6, 6.07) is 0. The largest absolute Gasteiger partial charge is 0.393 e. The Kier molecular flexibility index (Phi) is 7.75. The molecule has 0 heterocycles. The maximum atomic E-state index is 10.5. The molecule has 1 rings (SSSR count). The van der Waals surface area contributed by atoms with Crippen LogP contribution in [0.3, 0.4) is 0 Å². The Morgan fingerprint density at radius 1 is 1.32 bits per heavy atom. The van der Waals surface area contributed by atoms with E-state index in [4.69, 9.17) is 0 Å². The highest BCUT2D eigenvalue weighted by molar-refractivity contribution is 4.81. The Balaban J connectivity index is 2.41. The molecule has 1 fully saturated rings. The molecule has 0 spiro atoms. The van der Waals surface area contributed by atoms with Crippen LogP contribution in [0.2, 0.25) is 0 Å². The Hall–Kier alpha value is -0.300. The molecule has 0 aromatic carbocycles. The van der Waals surface area contributed by atoms with Crippen molar-refractivity contribution in [2.45, 2.75) is 78.2 Å². The van der Waals surface area contributed by atoms with Gasteiger partial charge in [0, 0.05) is 0 Å². The van der Waals surface area contributed by atoms with Gasteiger partial charge in [0.2, 0.25) is 0 Å². The number of aliphatic hydroxyl groups excluding tert-OH is 1. The summed E-state index contributed by atoms with van der Waals surface area (Å²) in [7, 11) is 0. The molecule has 0 saturated heterocycles. The third-order valence-electron chi connectivity index (χ3n) is 5.47. The molecule has 1 aliphatic rings. The van der Waals surface area contributed by atoms with E-state index in [9.17, 15) is 5.11 Å². The fraction of sp³-hybridized carbons (Fsp3) is 0.889. The van der Waals surface area contributed by atoms with Gasteiger partial charge in [0.15, 0.2) is 0 Å². The van der Waals surface area contributed by atoms with E-state index in [1.54, 1.807) is 0 Å². The maximum Gasteiger partial charge on any atom is 0.0571 e. The first kappa shape index (κ1) is 16.8. The van der Waals surface area contributed by atoms with Crippen LogP contribution in [0.1, 0.15) is 72.1 Å². The molecule has 0 aromatic rings. The van der Waals surface area contributed by atoms with E-state index in [2.05, 4.69) is 27.4 Å². The highest BCUT2D eigenvalue weighted by Gasteiger charge is 2.30. The molecule has 0 aliphatic heterocycles. The summed E-state index contributed by atoms with van der Waals surface area (Å²) in [5, 5.41) is 10.5. The average Bonchev–Trinajstić information content (AvgIpc) is 2.40. The molecule has 1 aliphatic carbocycles. The van der Waals surface area contributed by atoms with Gasteiger partial charge in [0.25, 0.3) is 0 Å². The molecule has 0 aromatic heterocycles. The minimum absolute atomic E-state index is 0.0902. The lowest BCUT2D eigenvalue weighted by Crippen LogP contribution is -2.30. The second kappa shape index (κ2) is 8.79. The van der Waals surface area contributed by atoms with E-state index in [0.717, 1.165) is 43.4 Å². The van der Waals surface area contributed by atoms with Gasteiger partial charge in [-0.25, -0.2) is 0 Å². The third kappa shape index (κ3) is 5.30. The molecular weight excluding hydrogens is 232 g/mol. The number of unbranched alkanes of at least 4 members (excludes halogenated alkanes) is 1. The standard InChI is InChI=1S/C18H34O/c1-5-7-8-11-16(6-2)18(19)13-17-12-9-10-14(3)15(17)4/h5,14-19H,1,6-13H2,2-4H3/t14?,15?,16?,17-,18+/m0/s1. The van der Waals surface area contributed by atoms with E-state index >= 15 is 0 Å². The Morgan fingerprint density at radius 2 is 2.05 bits per heavy atom. The quantitative estimate of drug-likeness (QED) is 0.473. The molecule has 1 heteroatoms. The molecule has 3 unspecified atom stereocenters. The average molecular weight is 266 g/mol. The van der Waals surface area contributed by atoms with Crippen LogP contribution in [0.25, 0.3) is 0 Å². The Bertz CT molecular complexity index is 248. The van der Waals surface area contributed by atoms with Gasteiger partial charge >= 0.3 is 0 Å². The molecule has 0 bridgehead atoms. The van der Waals surface area contributed by atoms with Gasteiger partial charge in [0.05, 0.1) is 6.10 Å². The van der Waals surface area contributed by atoms with Crippen molar-refractivity contribution in [3.8, 4) is 0 Å². The first-order valence-electron chi connectivity index (χ1n) is 8.39. The van der Waals surface area contributed by atoms with Crippen LogP contribution >= 0.6 is 0 Å². The van der Waals surface area contributed by atoms with Crippen LogP contribution in [0.5, 0.6) is 0 Å². The Labute approximate surface area is 120 Å². The smallest absolute Gasteiger partial charge is 0.0571 e. The minimum Gasteiger partial charge on any atom is -0.393 e. The zero-order valence-electron chi connectivity index (χ0n) is 13.3. The Morgan fingerprint density at radius 3 is 2.68 bits per heavy atom. The van der Waals surface area contributed by atoms with Crippen molar-refractivity contribution in [1.82, 2.24) is 0 Å². The normalized spacial score (nSPS) is 30.8. The van der Waals surface area contributed by atoms with Crippen LogP contribution < -0.4 is 0 Å². The number of allylic oxidation sites excluding steroid dienone is 1. The van der Waals surface area contributed by atoms with Crippen molar-refractivity contribution in [3.05, 3.63) is 12.7 Å². The second-order valence-corrected chi connectivity index (χ2v) is 6.72. The van der Waals surface area contributed by atoms with Crippen molar-refractivity contribution < 1.29 is 5.11 Å². The molecule has 1 saturated carbocycles. The summed E-state index contributed by atoms with van der Waals surface area (Å²) < 4.78 is 0. The van der Waals surface area contributed by atoms with Crippen molar-refractivity contribution >= 4 is 0 Å². The summed E-state index contributed by atoms with van der Waals surface area (Å²) in [5.74, 6) is 2.86. The summed E-state index contributed by atoms with van der Waals surface area (Å²) in [6.45, 7) is 10.8. The predicted octanol–water partition coefficient (Wildman–Crippen LogP) is 5.19. The molecular formula is C18H34O. The fourth-order valence-electron chi connectivity index (χ4n) is 3.72. The van der Waals surface area contributed by atoms with Crippen LogP contribution in [0.4, 0.5) is 0 Å². The van der Waals surface area contributed by atoms with Crippen molar-refractivity contribution in [2.75, 3.05) is 0 Å². The summed E-state index contributed by atoms with van der Waals surface area (Å²) in [6.07, 6.45) is 11.5. The van der Waals surface area contributed by atoms with Crippen LogP contribution in [0.15, 0.2) is 12.7 Å². The molecule has 0 amide bonds. The van der Waals surface area contributed by atoms with Crippen LogP contribution in [-0.2, 0) is 0 Å². The topological polar surface area (TPSA) is 20.2 Å². The van der Waals surface area contributed by atoms with E-state index in [0.29, 0.717) is 5.92 Å². The maximum absolute atomic E-state index is 10.5.